The molecule has 0 spiro atoms. The van der Waals surface area contributed by atoms with E-state index in [0.717, 1.165) is 24.4 Å². The molecule has 0 atom stereocenters. The van der Waals surface area contributed by atoms with Gasteiger partial charge in [-0.25, -0.2) is 4.98 Å². The van der Waals surface area contributed by atoms with Crippen molar-refractivity contribution in [2.75, 3.05) is 18.0 Å². The highest BCUT2D eigenvalue weighted by Gasteiger charge is 2.13. The van der Waals surface area contributed by atoms with E-state index in [0.29, 0.717) is 5.88 Å². The number of rotatable bonds is 2. The standard InChI is InChI=1S/C17H21ClN2/c18-13-14-12-17(19-16-9-5-4-8-15(14)16)20-10-6-2-1-3-7-11-20/h4-5,8-9,12H,1-3,6-7,10-11,13H2. The molecule has 1 aliphatic rings. The van der Waals surface area contributed by atoms with Gasteiger partial charge in [0, 0.05) is 24.4 Å². The molecule has 1 aromatic heterocycles. The summed E-state index contributed by atoms with van der Waals surface area (Å²) in [6, 6.07) is 10.5. The van der Waals surface area contributed by atoms with E-state index in [2.05, 4.69) is 29.2 Å². The van der Waals surface area contributed by atoms with Gasteiger partial charge < -0.3 is 4.90 Å². The summed E-state index contributed by atoms with van der Waals surface area (Å²) < 4.78 is 0. The third kappa shape index (κ3) is 2.90. The molecular weight excluding hydrogens is 268 g/mol. The molecular formula is C17H21ClN2. The summed E-state index contributed by atoms with van der Waals surface area (Å²) in [5.74, 6) is 1.64. The average Bonchev–Trinajstić information content (AvgIpc) is 2.46. The Bertz CT molecular complexity index is 574. The summed E-state index contributed by atoms with van der Waals surface area (Å²) in [6.07, 6.45) is 6.60. The Morgan fingerprint density at radius 1 is 1.00 bits per heavy atom. The Morgan fingerprint density at radius 2 is 1.70 bits per heavy atom. The van der Waals surface area contributed by atoms with Crippen LogP contribution in [-0.4, -0.2) is 18.1 Å². The number of fused-ring (bicyclic) bond motifs is 1. The van der Waals surface area contributed by atoms with Crippen LogP contribution in [0.1, 0.15) is 37.7 Å². The predicted molar refractivity (Wildman–Crippen MR) is 86.6 cm³/mol. The molecule has 106 valence electrons. The van der Waals surface area contributed by atoms with Gasteiger partial charge in [-0.2, -0.15) is 0 Å². The van der Waals surface area contributed by atoms with Crippen LogP contribution in [-0.2, 0) is 5.88 Å². The molecule has 1 aromatic carbocycles. The molecule has 1 fully saturated rings. The third-order valence-electron chi connectivity index (χ3n) is 4.11. The smallest absolute Gasteiger partial charge is 0.129 e. The lowest BCUT2D eigenvalue weighted by Crippen LogP contribution is -2.28. The van der Waals surface area contributed by atoms with Gasteiger partial charge >= 0.3 is 0 Å². The highest BCUT2D eigenvalue weighted by Crippen LogP contribution is 2.25. The molecule has 20 heavy (non-hydrogen) atoms. The fraction of sp³-hybridized carbons (Fsp3) is 0.471. The van der Waals surface area contributed by atoms with Crippen molar-refractivity contribution in [2.24, 2.45) is 0 Å². The minimum Gasteiger partial charge on any atom is -0.357 e. The monoisotopic (exact) mass is 288 g/mol. The maximum atomic E-state index is 6.13. The minimum atomic E-state index is 0.546. The van der Waals surface area contributed by atoms with Crippen molar-refractivity contribution >= 4 is 28.3 Å². The first-order valence-corrected chi connectivity index (χ1v) is 8.11. The van der Waals surface area contributed by atoms with E-state index in [1.165, 1.54) is 43.1 Å². The zero-order valence-electron chi connectivity index (χ0n) is 11.8. The number of nitrogens with zero attached hydrogens (tertiary/aromatic N) is 2. The second kappa shape index (κ2) is 6.45. The van der Waals surface area contributed by atoms with Gasteiger partial charge in [0.25, 0.3) is 0 Å². The van der Waals surface area contributed by atoms with Gasteiger partial charge in [-0.05, 0) is 30.5 Å². The van der Waals surface area contributed by atoms with Gasteiger partial charge in [0.2, 0.25) is 0 Å². The summed E-state index contributed by atoms with van der Waals surface area (Å²) >= 11 is 6.13. The number of halogens is 1. The van der Waals surface area contributed by atoms with Gasteiger partial charge in [-0.15, -0.1) is 11.6 Å². The molecule has 3 rings (SSSR count). The van der Waals surface area contributed by atoms with Gasteiger partial charge in [-0.3, -0.25) is 0 Å². The summed E-state index contributed by atoms with van der Waals surface area (Å²) in [5.41, 5.74) is 2.25. The molecule has 1 saturated heterocycles. The van der Waals surface area contributed by atoms with Crippen LogP contribution < -0.4 is 4.90 Å². The zero-order chi connectivity index (χ0) is 13.8. The Morgan fingerprint density at radius 3 is 2.45 bits per heavy atom. The van der Waals surface area contributed by atoms with Crippen LogP contribution in [0.4, 0.5) is 5.82 Å². The van der Waals surface area contributed by atoms with E-state index in [1.54, 1.807) is 0 Å². The zero-order valence-corrected chi connectivity index (χ0v) is 12.6. The number of hydrogen-bond donors (Lipinski definition) is 0. The van der Waals surface area contributed by atoms with Gasteiger partial charge in [0.1, 0.15) is 5.82 Å². The molecule has 2 heterocycles. The van der Waals surface area contributed by atoms with Crippen molar-refractivity contribution in [3.05, 3.63) is 35.9 Å². The molecule has 0 radical (unpaired) electrons. The van der Waals surface area contributed by atoms with Crippen LogP contribution in [0.5, 0.6) is 0 Å². The minimum absolute atomic E-state index is 0.546. The first-order valence-electron chi connectivity index (χ1n) is 7.58. The quantitative estimate of drug-likeness (QED) is 0.742. The highest BCUT2D eigenvalue weighted by molar-refractivity contribution is 6.18. The number of benzene rings is 1. The van der Waals surface area contributed by atoms with E-state index >= 15 is 0 Å². The lowest BCUT2D eigenvalue weighted by molar-refractivity contribution is 0.554. The van der Waals surface area contributed by atoms with Crippen molar-refractivity contribution in [1.82, 2.24) is 4.98 Å². The molecule has 3 heteroatoms. The lowest BCUT2D eigenvalue weighted by Gasteiger charge is -2.26. The average molecular weight is 289 g/mol. The molecule has 2 aromatic rings. The fourth-order valence-electron chi connectivity index (χ4n) is 2.98. The van der Waals surface area contributed by atoms with Crippen LogP contribution in [0, 0.1) is 0 Å². The van der Waals surface area contributed by atoms with Crippen molar-refractivity contribution in [2.45, 2.75) is 38.0 Å². The third-order valence-corrected chi connectivity index (χ3v) is 4.40. The van der Waals surface area contributed by atoms with E-state index in [1.807, 2.05) is 6.07 Å². The molecule has 0 saturated carbocycles. The Kier molecular flexibility index (Phi) is 4.41. The fourth-order valence-corrected chi connectivity index (χ4v) is 3.20. The van der Waals surface area contributed by atoms with E-state index in [-0.39, 0.29) is 0 Å². The lowest BCUT2D eigenvalue weighted by atomic mass is 10.1. The predicted octanol–water partition coefficient (Wildman–Crippen LogP) is 4.74. The second-order valence-electron chi connectivity index (χ2n) is 5.55. The maximum Gasteiger partial charge on any atom is 0.129 e. The van der Waals surface area contributed by atoms with Crippen molar-refractivity contribution in [3.63, 3.8) is 0 Å². The van der Waals surface area contributed by atoms with E-state index < -0.39 is 0 Å². The number of anilines is 1. The highest BCUT2D eigenvalue weighted by atomic mass is 35.5. The maximum absolute atomic E-state index is 6.13. The second-order valence-corrected chi connectivity index (χ2v) is 5.81. The number of para-hydroxylation sites is 1. The van der Waals surface area contributed by atoms with Crippen LogP contribution in [0.25, 0.3) is 10.9 Å². The molecule has 0 bridgehead atoms. The van der Waals surface area contributed by atoms with Gasteiger partial charge in [-0.1, -0.05) is 37.5 Å². The van der Waals surface area contributed by atoms with E-state index in [9.17, 15) is 0 Å². The van der Waals surface area contributed by atoms with Crippen molar-refractivity contribution in [3.8, 4) is 0 Å². The van der Waals surface area contributed by atoms with Gasteiger partial charge in [0.05, 0.1) is 5.52 Å². The summed E-state index contributed by atoms with van der Waals surface area (Å²) in [4.78, 5) is 7.28. The number of aromatic nitrogens is 1. The van der Waals surface area contributed by atoms with Crippen LogP contribution in [0.3, 0.4) is 0 Å². The molecule has 0 amide bonds. The summed E-state index contributed by atoms with van der Waals surface area (Å²) in [5, 5.41) is 1.18. The first-order chi connectivity index (χ1) is 9.88. The topological polar surface area (TPSA) is 16.1 Å². The number of pyridine rings is 1. The summed E-state index contributed by atoms with van der Waals surface area (Å²) in [7, 11) is 0. The first kappa shape index (κ1) is 13.7. The Balaban J connectivity index is 1.97. The molecule has 0 unspecified atom stereocenters. The molecule has 1 aliphatic heterocycles. The van der Waals surface area contributed by atoms with E-state index in [4.69, 9.17) is 16.6 Å². The van der Waals surface area contributed by atoms with Crippen LogP contribution >= 0.6 is 11.6 Å². The normalized spacial score (nSPS) is 16.9. The molecule has 2 nitrogen and oxygen atoms in total. The number of hydrogen-bond acceptors (Lipinski definition) is 2. The van der Waals surface area contributed by atoms with Crippen LogP contribution in [0.2, 0.25) is 0 Å². The molecule has 0 aliphatic carbocycles. The molecule has 0 N–H and O–H groups in total. The van der Waals surface area contributed by atoms with Crippen LogP contribution in [0.15, 0.2) is 30.3 Å². The van der Waals surface area contributed by atoms with Crippen molar-refractivity contribution < 1.29 is 0 Å². The van der Waals surface area contributed by atoms with Gasteiger partial charge in [0.15, 0.2) is 0 Å². The Labute approximate surface area is 125 Å². The number of alkyl halides is 1. The van der Waals surface area contributed by atoms with Crippen molar-refractivity contribution in [1.29, 1.82) is 0 Å². The summed E-state index contributed by atoms with van der Waals surface area (Å²) in [6.45, 7) is 2.24. The largest absolute Gasteiger partial charge is 0.357 e. The Hall–Kier alpha value is -1.28. The SMILES string of the molecule is ClCc1cc(N2CCCCCCC2)nc2ccccc12.